The predicted molar refractivity (Wildman–Crippen MR) is 38.5 cm³/mol. The molecule has 1 atom stereocenters. The highest BCUT2D eigenvalue weighted by Gasteiger charge is 2.27. The predicted octanol–water partition coefficient (Wildman–Crippen LogP) is -0.303. The second-order valence-corrected chi connectivity index (χ2v) is 2.46. The first kappa shape index (κ1) is 8.23. The summed E-state index contributed by atoms with van der Waals surface area (Å²) < 4.78 is 4.73. The summed E-state index contributed by atoms with van der Waals surface area (Å²) in [6.07, 6.45) is 0.684. The third-order valence-corrected chi connectivity index (χ3v) is 1.58. The van der Waals surface area contributed by atoms with Crippen molar-refractivity contribution in [2.75, 3.05) is 13.8 Å². The Labute approximate surface area is 65.1 Å². The number of amides is 1. The Kier molecular flexibility index (Phi) is 2.26. The minimum absolute atomic E-state index is 0.133. The number of hydrogen-bond acceptors (Lipinski definition) is 3. The molecule has 0 aromatic rings. The molecule has 0 bridgehead atoms. The van der Waals surface area contributed by atoms with Crippen LogP contribution in [-0.2, 0) is 9.53 Å². The second kappa shape index (κ2) is 3.02. The maximum absolute atomic E-state index is 11.1. The van der Waals surface area contributed by atoms with Crippen molar-refractivity contribution in [3.8, 4) is 0 Å². The number of aliphatic hydroxyl groups is 1. The van der Waals surface area contributed by atoms with Crippen molar-refractivity contribution in [2.45, 2.75) is 13.2 Å². The van der Waals surface area contributed by atoms with Crippen LogP contribution in [0.4, 0.5) is 0 Å². The maximum atomic E-state index is 11.1. The lowest BCUT2D eigenvalue weighted by Gasteiger charge is -2.18. The molecule has 62 valence electrons. The van der Waals surface area contributed by atoms with Crippen molar-refractivity contribution in [1.82, 2.24) is 4.90 Å². The maximum Gasteiger partial charge on any atom is 0.253 e. The van der Waals surface area contributed by atoms with Crippen LogP contribution in [0.5, 0.6) is 0 Å². The summed E-state index contributed by atoms with van der Waals surface area (Å²) in [6.45, 7) is 1.80. The molecule has 1 amide bonds. The molecule has 4 heteroatoms. The molecule has 0 saturated carbocycles. The van der Waals surface area contributed by atoms with Crippen molar-refractivity contribution >= 4 is 5.91 Å². The van der Waals surface area contributed by atoms with E-state index in [2.05, 4.69) is 0 Å². The van der Waals surface area contributed by atoms with E-state index in [-0.39, 0.29) is 12.6 Å². The largest absolute Gasteiger partial charge is 0.370 e. The lowest BCUT2D eigenvalue weighted by molar-refractivity contribution is -0.138. The van der Waals surface area contributed by atoms with Crippen molar-refractivity contribution in [2.24, 2.45) is 0 Å². The van der Waals surface area contributed by atoms with E-state index >= 15 is 0 Å². The highest BCUT2D eigenvalue weighted by atomic mass is 16.5. The van der Waals surface area contributed by atoms with E-state index in [1.54, 1.807) is 6.92 Å². The van der Waals surface area contributed by atoms with E-state index in [9.17, 15) is 9.90 Å². The topological polar surface area (TPSA) is 49.8 Å². The van der Waals surface area contributed by atoms with Gasteiger partial charge in [0, 0.05) is 12.7 Å². The summed E-state index contributed by atoms with van der Waals surface area (Å²) in [4.78, 5) is 12.4. The number of carbonyl (C=O) groups is 1. The van der Waals surface area contributed by atoms with Crippen LogP contribution in [0.3, 0.4) is 0 Å². The molecule has 0 fully saturated rings. The molecule has 0 aromatic heterocycles. The number of methoxy groups -OCH3 is 1. The first-order chi connectivity index (χ1) is 5.16. The summed E-state index contributed by atoms with van der Waals surface area (Å²) >= 11 is 0. The van der Waals surface area contributed by atoms with Crippen LogP contribution in [0.15, 0.2) is 11.6 Å². The van der Waals surface area contributed by atoms with Gasteiger partial charge in [-0.2, -0.15) is 0 Å². The molecule has 1 unspecified atom stereocenters. The van der Waals surface area contributed by atoms with E-state index in [0.29, 0.717) is 5.57 Å². The molecular formula is C7H11NO3. The van der Waals surface area contributed by atoms with Gasteiger partial charge in [0.1, 0.15) is 6.73 Å². The van der Waals surface area contributed by atoms with Crippen molar-refractivity contribution in [3.05, 3.63) is 11.6 Å². The van der Waals surface area contributed by atoms with Crippen molar-refractivity contribution in [1.29, 1.82) is 0 Å². The highest BCUT2D eigenvalue weighted by Crippen LogP contribution is 2.14. The van der Waals surface area contributed by atoms with E-state index in [4.69, 9.17) is 4.74 Å². The smallest absolute Gasteiger partial charge is 0.253 e. The van der Waals surface area contributed by atoms with Crippen LogP contribution >= 0.6 is 0 Å². The molecule has 1 aliphatic heterocycles. The van der Waals surface area contributed by atoms with E-state index in [1.807, 2.05) is 0 Å². The number of hydrogen-bond donors (Lipinski definition) is 1. The summed E-state index contributed by atoms with van der Waals surface area (Å²) in [7, 11) is 1.48. The monoisotopic (exact) mass is 157 g/mol. The fraction of sp³-hybridized carbons (Fsp3) is 0.571. The summed E-state index contributed by atoms with van der Waals surface area (Å²) in [5.74, 6) is -0.167. The summed E-state index contributed by atoms with van der Waals surface area (Å²) in [6, 6.07) is 0. The number of aliphatic hydroxyl groups excluding tert-OH is 1. The normalized spacial score (nSPS) is 24.3. The Hall–Kier alpha value is -0.870. The third kappa shape index (κ3) is 1.41. The van der Waals surface area contributed by atoms with Gasteiger partial charge in [0.2, 0.25) is 0 Å². The molecule has 0 spiro atoms. The molecule has 1 aliphatic rings. The quantitative estimate of drug-likeness (QED) is 0.598. The average Bonchev–Trinajstić information content (AvgIpc) is 2.17. The van der Waals surface area contributed by atoms with Crippen LogP contribution in [0.25, 0.3) is 0 Å². The lowest BCUT2D eigenvalue weighted by atomic mass is 10.3. The second-order valence-electron chi connectivity index (χ2n) is 2.46. The minimum Gasteiger partial charge on any atom is -0.370 e. The molecule has 1 rings (SSSR count). The first-order valence-electron chi connectivity index (χ1n) is 3.33. The first-order valence-corrected chi connectivity index (χ1v) is 3.33. The van der Waals surface area contributed by atoms with E-state index in [1.165, 1.54) is 18.1 Å². The number of nitrogens with zero attached hydrogens (tertiary/aromatic N) is 1. The zero-order valence-corrected chi connectivity index (χ0v) is 6.57. The molecule has 0 radical (unpaired) electrons. The van der Waals surface area contributed by atoms with Gasteiger partial charge in [-0.25, -0.2) is 0 Å². The van der Waals surface area contributed by atoms with Crippen LogP contribution in [-0.4, -0.2) is 36.0 Å². The summed E-state index contributed by atoms with van der Waals surface area (Å²) in [5.41, 5.74) is 0.564. The van der Waals surface area contributed by atoms with Crippen LogP contribution in [0.2, 0.25) is 0 Å². The van der Waals surface area contributed by atoms with Gasteiger partial charge < -0.3 is 9.84 Å². The van der Waals surface area contributed by atoms with Crippen molar-refractivity contribution < 1.29 is 14.6 Å². The highest BCUT2D eigenvalue weighted by molar-refractivity contribution is 5.95. The standard InChI is InChI=1S/C7H11NO3/c1-5-3-6(9)8(4-11-2)7(5)10/h3,6,9H,4H2,1-2H3. The van der Waals surface area contributed by atoms with Crippen molar-refractivity contribution in [3.63, 3.8) is 0 Å². The lowest BCUT2D eigenvalue weighted by Crippen LogP contribution is -2.35. The minimum atomic E-state index is -0.817. The molecular weight excluding hydrogens is 146 g/mol. The zero-order valence-electron chi connectivity index (χ0n) is 6.57. The van der Waals surface area contributed by atoms with E-state index < -0.39 is 6.23 Å². The van der Waals surface area contributed by atoms with Gasteiger partial charge in [-0.3, -0.25) is 9.69 Å². The zero-order chi connectivity index (χ0) is 8.43. The Balaban J connectivity index is 2.64. The van der Waals surface area contributed by atoms with Crippen LogP contribution in [0, 0.1) is 0 Å². The molecule has 1 N–H and O–H groups in total. The molecule has 0 saturated heterocycles. The van der Waals surface area contributed by atoms with Gasteiger partial charge >= 0.3 is 0 Å². The molecule has 0 aromatic carbocycles. The summed E-state index contributed by atoms with van der Waals surface area (Å²) in [5, 5.41) is 9.21. The fourth-order valence-electron chi connectivity index (χ4n) is 1.01. The van der Waals surface area contributed by atoms with Crippen LogP contribution in [0.1, 0.15) is 6.92 Å². The molecule has 11 heavy (non-hydrogen) atoms. The Bertz CT molecular complexity index is 200. The Morgan fingerprint density at radius 3 is 2.82 bits per heavy atom. The SMILES string of the molecule is COCN1C(=O)C(C)=CC1O. The van der Waals surface area contributed by atoms with Gasteiger partial charge in [0.05, 0.1) is 0 Å². The van der Waals surface area contributed by atoms with Crippen LogP contribution < -0.4 is 0 Å². The Morgan fingerprint density at radius 2 is 2.45 bits per heavy atom. The van der Waals surface area contributed by atoms with Gasteiger partial charge in [0.15, 0.2) is 6.23 Å². The average molecular weight is 157 g/mol. The molecule has 4 nitrogen and oxygen atoms in total. The van der Waals surface area contributed by atoms with Gasteiger partial charge in [0.25, 0.3) is 5.91 Å². The number of ether oxygens (including phenoxy) is 1. The molecule has 0 aliphatic carbocycles. The van der Waals surface area contributed by atoms with E-state index in [0.717, 1.165) is 0 Å². The Morgan fingerprint density at radius 1 is 1.82 bits per heavy atom. The number of carbonyl (C=O) groups excluding carboxylic acids is 1. The fourth-order valence-corrected chi connectivity index (χ4v) is 1.01. The van der Waals surface area contributed by atoms with Gasteiger partial charge in [-0.15, -0.1) is 0 Å². The molecule has 1 heterocycles. The van der Waals surface area contributed by atoms with Gasteiger partial charge in [-0.1, -0.05) is 0 Å². The van der Waals surface area contributed by atoms with Gasteiger partial charge in [-0.05, 0) is 13.0 Å². The number of rotatable bonds is 2. The third-order valence-electron chi connectivity index (χ3n) is 1.58.